The molecule has 0 heterocycles. The van der Waals surface area contributed by atoms with E-state index in [-0.39, 0.29) is 30.7 Å². The van der Waals surface area contributed by atoms with Gasteiger partial charge < -0.3 is 15.0 Å². The van der Waals surface area contributed by atoms with Gasteiger partial charge >= 0.3 is 6.36 Å². The smallest absolute Gasteiger partial charge is 0.406 e. The lowest BCUT2D eigenvalue weighted by Gasteiger charge is -2.25. The second kappa shape index (κ2) is 9.77. The molecule has 156 valence electrons. The maximum Gasteiger partial charge on any atom is 0.573 e. The van der Waals surface area contributed by atoms with Crippen molar-refractivity contribution in [2.75, 3.05) is 38.5 Å². The summed E-state index contributed by atoms with van der Waals surface area (Å²) in [4.78, 5) is 28.0. The van der Waals surface area contributed by atoms with Crippen molar-refractivity contribution in [3.8, 4) is 5.75 Å². The van der Waals surface area contributed by atoms with Gasteiger partial charge in [0.1, 0.15) is 5.75 Å². The number of likely N-dealkylation sites (N-methyl/N-ethyl adjacent to an activating group) is 1. The van der Waals surface area contributed by atoms with Crippen molar-refractivity contribution in [3.05, 3.63) is 24.3 Å². The summed E-state index contributed by atoms with van der Waals surface area (Å²) in [6.45, 7) is 3.64. The van der Waals surface area contributed by atoms with Crippen LogP contribution in [0.2, 0.25) is 0 Å². The van der Waals surface area contributed by atoms with E-state index in [0.717, 1.165) is 25.1 Å². The van der Waals surface area contributed by atoms with Crippen molar-refractivity contribution in [2.24, 2.45) is 5.92 Å². The monoisotopic (exact) mass is 401 g/mol. The molecule has 1 aromatic carbocycles. The van der Waals surface area contributed by atoms with Gasteiger partial charge in [-0.3, -0.25) is 14.5 Å². The molecule has 6 nitrogen and oxygen atoms in total. The van der Waals surface area contributed by atoms with Gasteiger partial charge in [0.15, 0.2) is 0 Å². The third kappa shape index (κ3) is 8.16. The molecule has 0 aromatic heterocycles. The van der Waals surface area contributed by atoms with Crippen LogP contribution >= 0.6 is 0 Å². The molecule has 1 saturated carbocycles. The zero-order valence-corrected chi connectivity index (χ0v) is 16.1. The van der Waals surface area contributed by atoms with Crippen molar-refractivity contribution in [3.63, 3.8) is 0 Å². The number of ether oxygens (including phenoxy) is 1. The standard InChI is InChI=1S/C19H26F3N3O3/c1-3-10-25(11-14-4-5-14)18(27)13-24(2)12-17(26)23-15-6-8-16(9-7-15)28-19(20,21)22/h6-9,14H,3-5,10-13H2,1-2H3,(H,23,26). The van der Waals surface area contributed by atoms with Gasteiger partial charge in [-0.05, 0) is 56.5 Å². The summed E-state index contributed by atoms with van der Waals surface area (Å²) < 4.78 is 40.2. The Bertz CT molecular complexity index is 661. The summed E-state index contributed by atoms with van der Waals surface area (Å²) in [6, 6.07) is 4.89. The van der Waals surface area contributed by atoms with Crippen molar-refractivity contribution >= 4 is 17.5 Å². The molecule has 0 saturated heterocycles. The van der Waals surface area contributed by atoms with Crippen LogP contribution in [0.3, 0.4) is 0 Å². The first-order valence-corrected chi connectivity index (χ1v) is 9.28. The number of amides is 2. The maximum atomic E-state index is 12.4. The number of halogens is 3. The lowest BCUT2D eigenvalue weighted by atomic mass is 10.3. The Labute approximate surface area is 162 Å². The molecule has 0 spiro atoms. The number of nitrogens with zero attached hydrogens (tertiary/aromatic N) is 2. The predicted octanol–water partition coefficient (Wildman–Crippen LogP) is 3.10. The first kappa shape index (κ1) is 22.0. The van der Waals surface area contributed by atoms with Gasteiger partial charge in [-0.1, -0.05) is 6.92 Å². The Hall–Kier alpha value is -2.29. The molecule has 28 heavy (non-hydrogen) atoms. The lowest BCUT2D eigenvalue weighted by Crippen LogP contribution is -2.42. The predicted molar refractivity (Wildman–Crippen MR) is 98.8 cm³/mol. The van der Waals surface area contributed by atoms with E-state index in [9.17, 15) is 22.8 Å². The van der Waals surface area contributed by atoms with Crippen LogP contribution in [0.5, 0.6) is 5.75 Å². The third-order valence-electron chi connectivity index (χ3n) is 4.21. The van der Waals surface area contributed by atoms with Crippen molar-refractivity contribution < 1.29 is 27.5 Å². The first-order valence-electron chi connectivity index (χ1n) is 9.28. The lowest BCUT2D eigenvalue weighted by molar-refractivity contribution is -0.274. The highest BCUT2D eigenvalue weighted by atomic mass is 19.4. The van der Waals surface area contributed by atoms with E-state index in [1.54, 1.807) is 11.9 Å². The van der Waals surface area contributed by atoms with Crippen molar-refractivity contribution in [1.29, 1.82) is 0 Å². The van der Waals surface area contributed by atoms with Crippen molar-refractivity contribution in [2.45, 2.75) is 32.5 Å². The van der Waals surface area contributed by atoms with Gasteiger partial charge in [0.25, 0.3) is 0 Å². The van der Waals surface area contributed by atoms with Crippen LogP contribution < -0.4 is 10.1 Å². The van der Waals surface area contributed by atoms with Crippen LogP contribution in [0.25, 0.3) is 0 Å². The largest absolute Gasteiger partial charge is 0.573 e. The Kier molecular flexibility index (Phi) is 7.68. The molecule has 0 atom stereocenters. The molecule has 0 bridgehead atoms. The fourth-order valence-electron chi connectivity index (χ4n) is 2.77. The van der Waals surface area contributed by atoms with Crippen LogP contribution in [0.4, 0.5) is 18.9 Å². The maximum absolute atomic E-state index is 12.4. The summed E-state index contributed by atoms with van der Waals surface area (Å²) in [5.74, 6) is -0.116. The molecule has 0 radical (unpaired) electrons. The molecular weight excluding hydrogens is 375 g/mol. The van der Waals surface area contributed by atoms with Crippen LogP contribution in [-0.4, -0.2) is 61.2 Å². The van der Waals surface area contributed by atoms with Gasteiger partial charge in [-0.2, -0.15) is 0 Å². The molecule has 0 unspecified atom stereocenters. The fourth-order valence-corrected chi connectivity index (χ4v) is 2.77. The molecular formula is C19H26F3N3O3. The Morgan fingerprint density at radius 2 is 1.82 bits per heavy atom. The van der Waals surface area contributed by atoms with E-state index >= 15 is 0 Å². The quantitative estimate of drug-likeness (QED) is 0.655. The van der Waals surface area contributed by atoms with Gasteiger partial charge in [-0.25, -0.2) is 0 Å². The summed E-state index contributed by atoms with van der Waals surface area (Å²) in [5.41, 5.74) is 0.348. The van der Waals surface area contributed by atoms with Gasteiger partial charge in [-0.15, -0.1) is 13.2 Å². The van der Waals surface area contributed by atoms with Gasteiger partial charge in [0.2, 0.25) is 11.8 Å². The van der Waals surface area contributed by atoms with Crippen LogP contribution in [-0.2, 0) is 9.59 Å². The Morgan fingerprint density at radius 1 is 1.18 bits per heavy atom. The van der Waals surface area contributed by atoms with Crippen LogP contribution in [0.15, 0.2) is 24.3 Å². The molecule has 1 aromatic rings. The molecule has 2 rings (SSSR count). The molecule has 1 aliphatic rings. The topological polar surface area (TPSA) is 61.9 Å². The molecule has 9 heteroatoms. The number of carbonyl (C=O) groups is 2. The molecule has 1 aliphatic carbocycles. The number of anilines is 1. The first-order chi connectivity index (χ1) is 13.2. The highest BCUT2D eigenvalue weighted by molar-refractivity contribution is 5.92. The molecule has 2 amide bonds. The number of alkyl halides is 3. The highest BCUT2D eigenvalue weighted by Gasteiger charge is 2.31. The summed E-state index contributed by atoms with van der Waals surface area (Å²) in [6.07, 6.45) is -1.54. The SMILES string of the molecule is CCCN(CC1CC1)C(=O)CN(C)CC(=O)Nc1ccc(OC(F)(F)F)cc1. The van der Waals surface area contributed by atoms with Crippen LogP contribution in [0, 0.1) is 5.92 Å². The Morgan fingerprint density at radius 3 is 2.36 bits per heavy atom. The number of nitrogens with one attached hydrogen (secondary N) is 1. The van der Waals surface area contributed by atoms with Gasteiger partial charge in [0, 0.05) is 18.8 Å². The van der Waals surface area contributed by atoms with E-state index in [1.807, 2.05) is 11.8 Å². The van der Waals surface area contributed by atoms with Gasteiger partial charge in [0.05, 0.1) is 13.1 Å². The molecule has 0 aliphatic heterocycles. The fraction of sp³-hybridized carbons (Fsp3) is 0.579. The van der Waals surface area contributed by atoms with E-state index in [4.69, 9.17) is 0 Å². The number of rotatable bonds is 10. The highest BCUT2D eigenvalue weighted by Crippen LogP contribution is 2.29. The second-order valence-corrected chi connectivity index (χ2v) is 7.08. The second-order valence-electron chi connectivity index (χ2n) is 7.08. The summed E-state index contributed by atoms with van der Waals surface area (Å²) in [5, 5.41) is 2.59. The van der Waals surface area contributed by atoms with E-state index < -0.39 is 6.36 Å². The Balaban J connectivity index is 1.78. The number of benzene rings is 1. The zero-order chi connectivity index (χ0) is 20.7. The summed E-state index contributed by atoms with van der Waals surface area (Å²) >= 11 is 0. The minimum absolute atomic E-state index is 0.00213. The number of hydrogen-bond acceptors (Lipinski definition) is 4. The zero-order valence-electron chi connectivity index (χ0n) is 16.1. The average Bonchev–Trinajstić information content (AvgIpc) is 3.38. The van der Waals surface area contributed by atoms with E-state index in [2.05, 4.69) is 10.1 Å². The molecule has 1 N–H and O–H groups in total. The summed E-state index contributed by atoms with van der Waals surface area (Å²) in [7, 11) is 1.68. The minimum Gasteiger partial charge on any atom is -0.406 e. The average molecular weight is 401 g/mol. The minimum atomic E-state index is -4.76. The number of carbonyl (C=O) groups excluding carboxylic acids is 2. The van der Waals surface area contributed by atoms with E-state index in [1.165, 1.54) is 25.0 Å². The van der Waals surface area contributed by atoms with E-state index in [0.29, 0.717) is 18.2 Å². The number of hydrogen-bond donors (Lipinski definition) is 1. The molecule has 1 fully saturated rings. The van der Waals surface area contributed by atoms with Crippen LogP contribution in [0.1, 0.15) is 26.2 Å². The van der Waals surface area contributed by atoms with Crippen molar-refractivity contribution in [1.82, 2.24) is 9.80 Å². The normalized spacial score (nSPS) is 14.1. The third-order valence-corrected chi connectivity index (χ3v) is 4.21.